The molecule has 31 heavy (non-hydrogen) atoms. The second-order valence-corrected chi connectivity index (χ2v) is 9.07. The molecule has 0 radical (unpaired) electrons. The standard InChI is InChI=1S/C25H34N2O3S/c1-4-5-6-7-8-9-10-11-13-18-16-20-23(26-17-22(28)27-25(20)31-18)19-14-12-15-21(29-2)24(19)30-3/h12,14-16H,4-11,13,17H2,1-3H3,(H,27,28). The quantitative estimate of drug-likeness (QED) is 0.396. The van der Waals surface area contributed by atoms with E-state index in [1.54, 1.807) is 25.6 Å². The van der Waals surface area contributed by atoms with Crippen LogP contribution in [-0.2, 0) is 11.2 Å². The molecule has 0 saturated heterocycles. The molecule has 3 rings (SSSR count). The Hall–Kier alpha value is -2.34. The Kier molecular flexibility index (Phi) is 8.95. The summed E-state index contributed by atoms with van der Waals surface area (Å²) in [4.78, 5) is 18.2. The molecule has 5 nitrogen and oxygen atoms in total. The van der Waals surface area contributed by atoms with Gasteiger partial charge in [0, 0.05) is 16.0 Å². The van der Waals surface area contributed by atoms with E-state index >= 15 is 0 Å². The van der Waals surface area contributed by atoms with Gasteiger partial charge in [-0.25, -0.2) is 0 Å². The van der Waals surface area contributed by atoms with Gasteiger partial charge in [0.2, 0.25) is 5.91 Å². The van der Waals surface area contributed by atoms with Gasteiger partial charge in [0.05, 0.1) is 19.9 Å². The monoisotopic (exact) mass is 442 g/mol. The number of rotatable bonds is 12. The predicted octanol–water partition coefficient (Wildman–Crippen LogP) is 6.24. The molecular weight excluding hydrogens is 408 g/mol. The van der Waals surface area contributed by atoms with E-state index in [0.29, 0.717) is 11.5 Å². The van der Waals surface area contributed by atoms with Crippen LogP contribution in [0, 0.1) is 0 Å². The summed E-state index contributed by atoms with van der Waals surface area (Å²) >= 11 is 1.66. The molecule has 0 spiro atoms. The second-order valence-electron chi connectivity index (χ2n) is 7.93. The molecule has 1 aliphatic rings. The van der Waals surface area contributed by atoms with Crippen LogP contribution in [0.4, 0.5) is 5.00 Å². The van der Waals surface area contributed by atoms with Gasteiger partial charge in [-0.2, -0.15) is 0 Å². The Morgan fingerprint density at radius 3 is 2.45 bits per heavy atom. The average Bonchev–Trinajstić information content (AvgIpc) is 3.10. The molecule has 2 heterocycles. The summed E-state index contributed by atoms with van der Waals surface area (Å²) in [5.74, 6) is 1.21. The van der Waals surface area contributed by atoms with Crippen LogP contribution >= 0.6 is 11.3 Å². The molecule has 1 aromatic heterocycles. The molecule has 168 valence electrons. The fraction of sp³-hybridized carbons (Fsp3) is 0.520. The number of amides is 1. The summed E-state index contributed by atoms with van der Waals surface area (Å²) in [6.07, 6.45) is 11.5. The number of para-hydroxylation sites is 1. The van der Waals surface area contributed by atoms with Crippen LogP contribution in [0.3, 0.4) is 0 Å². The number of benzene rings is 1. The predicted molar refractivity (Wildman–Crippen MR) is 129 cm³/mol. The minimum absolute atomic E-state index is 0.0846. The van der Waals surface area contributed by atoms with E-state index < -0.39 is 0 Å². The van der Waals surface area contributed by atoms with E-state index in [2.05, 4.69) is 23.3 Å². The normalized spacial score (nSPS) is 13.3. The highest BCUT2D eigenvalue weighted by molar-refractivity contribution is 7.16. The number of hydrogen-bond acceptors (Lipinski definition) is 5. The van der Waals surface area contributed by atoms with Gasteiger partial charge in [0.25, 0.3) is 0 Å². The highest BCUT2D eigenvalue weighted by atomic mass is 32.1. The molecule has 0 bridgehead atoms. The van der Waals surface area contributed by atoms with Gasteiger partial charge in [0.1, 0.15) is 11.5 Å². The van der Waals surface area contributed by atoms with Crippen LogP contribution in [0.2, 0.25) is 0 Å². The highest BCUT2D eigenvalue weighted by Crippen LogP contribution is 2.37. The molecule has 1 aliphatic heterocycles. The van der Waals surface area contributed by atoms with Crippen molar-refractivity contribution >= 4 is 28.0 Å². The fourth-order valence-electron chi connectivity index (χ4n) is 3.97. The van der Waals surface area contributed by atoms with Gasteiger partial charge in [0.15, 0.2) is 11.5 Å². The highest BCUT2D eigenvalue weighted by Gasteiger charge is 2.24. The number of aryl methyl sites for hydroxylation is 1. The van der Waals surface area contributed by atoms with E-state index in [1.165, 1.54) is 56.2 Å². The molecule has 0 aliphatic carbocycles. The Balaban J connectivity index is 1.72. The topological polar surface area (TPSA) is 59.9 Å². The van der Waals surface area contributed by atoms with Crippen molar-refractivity contribution in [2.45, 2.75) is 64.7 Å². The zero-order valence-corrected chi connectivity index (χ0v) is 19.8. The molecule has 1 aromatic carbocycles. The minimum Gasteiger partial charge on any atom is -0.493 e. The molecule has 6 heteroatoms. The summed E-state index contributed by atoms with van der Waals surface area (Å²) in [7, 11) is 3.25. The van der Waals surface area contributed by atoms with Crippen LogP contribution in [-0.4, -0.2) is 32.4 Å². The smallest absolute Gasteiger partial charge is 0.246 e. The van der Waals surface area contributed by atoms with Crippen molar-refractivity contribution in [1.29, 1.82) is 0 Å². The summed E-state index contributed by atoms with van der Waals surface area (Å²) in [5.41, 5.74) is 2.59. The van der Waals surface area contributed by atoms with Gasteiger partial charge in [-0.05, 0) is 31.0 Å². The Bertz CT molecular complexity index is 904. The van der Waals surface area contributed by atoms with Crippen LogP contribution in [0.1, 0.15) is 74.3 Å². The third kappa shape index (κ3) is 6.10. The number of hydrogen-bond donors (Lipinski definition) is 1. The first kappa shape index (κ1) is 23.3. The van der Waals surface area contributed by atoms with Crippen molar-refractivity contribution in [2.24, 2.45) is 4.99 Å². The number of methoxy groups -OCH3 is 2. The SMILES string of the molecule is CCCCCCCCCCc1cc2c(s1)NC(=O)CN=C2c1cccc(OC)c1OC. The van der Waals surface area contributed by atoms with E-state index in [1.807, 2.05) is 18.2 Å². The van der Waals surface area contributed by atoms with Gasteiger partial charge < -0.3 is 14.8 Å². The van der Waals surface area contributed by atoms with Crippen LogP contribution < -0.4 is 14.8 Å². The first-order chi connectivity index (χ1) is 15.2. The molecule has 0 fully saturated rings. The summed E-state index contributed by atoms with van der Waals surface area (Å²) in [6, 6.07) is 7.94. The number of ether oxygens (including phenoxy) is 2. The number of carbonyl (C=O) groups excluding carboxylic acids is 1. The van der Waals surface area contributed by atoms with E-state index in [-0.39, 0.29) is 12.5 Å². The fourth-order valence-corrected chi connectivity index (χ4v) is 5.09. The molecule has 1 amide bonds. The maximum atomic E-state index is 12.2. The number of anilines is 1. The largest absolute Gasteiger partial charge is 0.493 e. The summed E-state index contributed by atoms with van der Waals surface area (Å²) in [5, 5.41) is 3.91. The van der Waals surface area contributed by atoms with Gasteiger partial charge >= 0.3 is 0 Å². The first-order valence-corrected chi connectivity index (χ1v) is 12.2. The molecule has 0 saturated carbocycles. The Labute approximate surface area is 189 Å². The Morgan fingerprint density at radius 1 is 1.00 bits per heavy atom. The van der Waals surface area contributed by atoms with Gasteiger partial charge in [-0.3, -0.25) is 9.79 Å². The van der Waals surface area contributed by atoms with Crippen LogP contribution in [0.25, 0.3) is 0 Å². The number of fused-ring (bicyclic) bond motifs is 1. The van der Waals surface area contributed by atoms with Crippen molar-refractivity contribution < 1.29 is 14.3 Å². The maximum absolute atomic E-state index is 12.2. The van der Waals surface area contributed by atoms with Crippen molar-refractivity contribution in [3.8, 4) is 11.5 Å². The lowest BCUT2D eigenvalue weighted by Gasteiger charge is -2.13. The Morgan fingerprint density at radius 2 is 1.74 bits per heavy atom. The number of nitrogens with one attached hydrogen (secondary N) is 1. The number of nitrogens with zero attached hydrogens (tertiary/aromatic N) is 1. The molecule has 0 unspecified atom stereocenters. The second kappa shape index (κ2) is 11.9. The maximum Gasteiger partial charge on any atom is 0.246 e. The van der Waals surface area contributed by atoms with E-state index in [4.69, 9.17) is 9.47 Å². The van der Waals surface area contributed by atoms with Crippen molar-refractivity contribution in [1.82, 2.24) is 0 Å². The third-order valence-corrected chi connectivity index (χ3v) is 6.72. The number of thiophene rings is 1. The lowest BCUT2D eigenvalue weighted by molar-refractivity contribution is -0.114. The minimum atomic E-state index is -0.0846. The first-order valence-electron chi connectivity index (χ1n) is 11.4. The number of carbonyl (C=O) groups is 1. The zero-order valence-electron chi connectivity index (χ0n) is 19.0. The molecule has 1 N–H and O–H groups in total. The average molecular weight is 443 g/mol. The van der Waals surface area contributed by atoms with Crippen molar-refractivity contribution in [3.63, 3.8) is 0 Å². The molecular formula is C25H34N2O3S. The van der Waals surface area contributed by atoms with Crippen molar-refractivity contribution in [3.05, 3.63) is 40.3 Å². The van der Waals surface area contributed by atoms with E-state index in [9.17, 15) is 4.79 Å². The molecule has 2 aromatic rings. The lowest BCUT2D eigenvalue weighted by atomic mass is 10.0. The third-order valence-electron chi connectivity index (χ3n) is 5.61. The lowest BCUT2D eigenvalue weighted by Crippen LogP contribution is -2.12. The van der Waals surface area contributed by atoms with Crippen LogP contribution in [0.5, 0.6) is 11.5 Å². The van der Waals surface area contributed by atoms with E-state index in [0.717, 1.165) is 28.3 Å². The van der Waals surface area contributed by atoms with Crippen LogP contribution in [0.15, 0.2) is 29.3 Å². The van der Waals surface area contributed by atoms with Gasteiger partial charge in [-0.15, -0.1) is 11.3 Å². The summed E-state index contributed by atoms with van der Waals surface area (Å²) < 4.78 is 11.1. The zero-order chi connectivity index (χ0) is 22.1. The van der Waals surface area contributed by atoms with Crippen molar-refractivity contribution in [2.75, 3.05) is 26.1 Å². The summed E-state index contributed by atoms with van der Waals surface area (Å²) in [6.45, 7) is 2.36. The van der Waals surface area contributed by atoms with Gasteiger partial charge in [-0.1, -0.05) is 57.9 Å². The number of aliphatic imine (C=N–C) groups is 1. The molecule has 0 atom stereocenters. The number of unbranched alkanes of at least 4 members (excludes halogenated alkanes) is 7.